The van der Waals surface area contributed by atoms with Gasteiger partial charge in [0.05, 0.1) is 12.1 Å². The van der Waals surface area contributed by atoms with Gasteiger partial charge in [-0.2, -0.15) is 10.1 Å². The van der Waals surface area contributed by atoms with Crippen molar-refractivity contribution in [3.05, 3.63) is 65.2 Å². The van der Waals surface area contributed by atoms with Crippen LogP contribution in [0.15, 0.2) is 53.6 Å². The van der Waals surface area contributed by atoms with Crippen LogP contribution in [-0.2, 0) is 4.79 Å². The SMILES string of the molecule is Cc1ccc(C(=O)NC2=NN(c3ccccc3)C(=O)C2)cc1C. The van der Waals surface area contributed by atoms with E-state index in [-0.39, 0.29) is 18.2 Å². The second kappa shape index (κ2) is 6.04. The zero-order valence-electron chi connectivity index (χ0n) is 13.0. The Morgan fingerprint density at radius 1 is 1.09 bits per heavy atom. The third kappa shape index (κ3) is 3.13. The Hall–Kier alpha value is -2.95. The summed E-state index contributed by atoms with van der Waals surface area (Å²) in [6.45, 7) is 3.95. The summed E-state index contributed by atoms with van der Waals surface area (Å²) in [6, 6.07) is 14.7. The zero-order valence-corrected chi connectivity index (χ0v) is 13.0. The predicted octanol–water partition coefficient (Wildman–Crippen LogP) is 2.78. The Balaban J connectivity index is 1.76. The Kier molecular flexibility index (Phi) is 3.93. The summed E-state index contributed by atoms with van der Waals surface area (Å²) in [6.07, 6.45) is 0.0888. The fraction of sp³-hybridized carbons (Fsp3) is 0.167. The van der Waals surface area contributed by atoms with Crippen molar-refractivity contribution in [1.82, 2.24) is 5.32 Å². The molecule has 3 rings (SSSR count). The van der Waals surface area contributed by atoms with Crippen LogP contribution in [-0.4, -0.2) is 17.6 Å². The van der Waals surface area contributed by atoms with Gasteiger partial charge in [0.25, 0.3) is 11.8 Å². The quantitative estimate of drug-likeness (QED) is 0.927. The molecule has 1 aliphatic heterocycles. The minimum absolute atomic E-state index is 0.0888. The normalized spacial score (nSPS) is 13.9. The van der Waals surface area contributed by atoms with E-state index in [9.17, 15) is 9.59 Å². The van der Waals surface area contributed by atoms with Gasteiger partial charge in [0.2, 0.25) is 0 Å². The summed E-state index contributed by atoms with van der Waals surface area (Å²) < 4.78 is 0. The molecular formula is C18H17N3O2. The summed E-state index contributed by atoms with van der Waals surface area (Å²) >= 11 is 0. The van der Waals surface area contributed by atoms with Gasteiger partial charge in [-0.1, -0.05) is 24.3 Å². The lowest BCUT2D eigenvalue weighted by Gasteiger charge is -2.10. The Labute approximate surface area is 134 Å². The van der Waals surface area contributed by atoms with E-state index in [0.29, 0.717) is 17.1 Å². The average molecular weight is 307 g/mol. The molecule has 23 heavy (non-hydrogen) atoms. The van der Waals surface area contributed by atoms with Crippen molar-refractivity contribution < 1.29 is 9.59 Å². The van der Waals surface area contributed by atoms with Gasteiger partial charge in [0.15, 0.2) is 0 Å². The number of anilines is 1. The third-order valence-corrected chi connectivity index (χ3v) is 3.80. The molecule has 0 saturated heterocycles. The number of amides is 2. The summed E-state index contributed by atoms with van der Waals surface area (Å²) in [4.78, 5) is 24.4. The summed E-state index contributed by atoms with van der Waals surface area (Å²) in [5, 5.41) is 8.25. The fourth-order valence-electron chi connectivity index (χ4n) is 2.36. The van der Waals surface area contributed by atoms with Crippen molar-refractivity contribution >= 4 is 23.3 Å². The average Bonchev–Trinajstić information content (AvgIpc) is 2.91. The molecule has 1 heterocycles. The minimum atomic E-state index is -0.255. The molecule has 2 amide bonds. The molecule has 5 nitrogen and oxygen atoms in total. The monoisotopic (exact) mass is 307 g/mol. The van der Waals surface area contributed by atoms with E-state index in [4.69, 9.17) is 0 Å². The maximum atomic E-state index is 12.3. The van der Waals surface area contributed by atoms with Crippen LogP contribution in [0.25, 0.3) is 0 Å². The predicted molar refractivity (Wildman–Crippen MR) is 89.4 cm³/mol. The van der Waals surface area contributed by atoms with Gasteiger partial charge in [0.1, 0.15) is 5.84 Å². The van der Waals surface area contributed by atoms with Crippen molar-refractivity contribution in [3.63, 3.8) is 0 Å². The van der Waals surface area contributed by atoms with Crippen LogP contribution in [0, 0.1) is 13.8 Å². The van der Waals surface area contributed by atoms with Gasteiger partial charge < -0.3 is 5.32 Å². The van der Waals surface area contributed by atoms with E-state index in [1.54, 1.807) is 18.2 Å². The number of carbonyl (C=O) groups excluding carboxylic acids is 2. The number of rotatable bonds is 2. The molecule has 1 N–H and O–H groups in total. The van der Waals surface area contributed by atoms with Gasteiger partial charge >= 0.3 is 0 Å². The number of carbonyl (C=O) groups is 2. The third-order valence-electron chi connectivity index (χ3n) is 3.80. The van der Waals surface area contributed by atoms with Gasteiger partial charge in [0, 0.05) is 5.56 Å². The van der Waals surface area contributed by atoms with E-state index in [1.165, 1.54) is 5.01 Å². The number of amidine groups is 1. The standard InChI is InChI=1S/C18H17N3O2/c1-12-8-9-14(10-13(12)2)18(23)19-16-11-17(22)21(20-16)15-6-4-3-5-7-15/h3-10H,11H2,1-2H3,(H,19,20,23). The molecule has 2 aromatic rings. The number of para-hydroxylation sites is 1. The van der Waals surface area contributed by atoms with Crippen LogP contribution in [0.3, 0.4) is 0 Å². The highest BCUT2D eigenvalue weighted by atomic mass is 16.2. The van der Waals surface area contributed by atoms with Crippen molar-refractivity contribution in [2.24, 2.45) is 5.10 Å². The summed E-state index contributed by atoms with van der Waals surface area (Å²) in [5.41, 5.74) is 3.42. The highest BCUT2D eigenvalue weighted by molar-refractivity contribution is 6.17. The smallest absolute Gasteiger partial charge is 0.256 e. The van der Waals surface area contributed by atoms with Crippen molar-refractivity contribution in [2.75, 3.05) is 5.01 Å². The van der Waals surface area contributed by atoms with Crippen molar-refractivity contribution in [3.8, 4) is 0 Å². The molecule has 0 bridgehead atoms. The molecule has 0 saturated carbocycles. The first kappa shape index (κ1) is 15.0. The topological polar surface area (TPSA) is 61.8 Å². The number of hydrazone groups is 1. The second-order valence-electron chi connectivity index (χ2n) is 5.52. The Bertz CT molecular complexity index is 797. The van der Waals surface area contributed by atoms with Crippen LogP contribution in [0.4, 0.5) is 5.69 Å². The van der Waals surface area contributed by atoms with Crippen LogP contribution in [0.1, 0.15) is 27.9 Å². The largest absolute Gasteiger partial charge is 0.308 e. The van der Waals surface area contributed by atoms with Gasteiger partial charge in [-0.15, -0.1) is 0 Å². The second-order valence-corrected chi connectivity index (χ2v) is 5.52. The molecule has 0 fully saturated rings. The van der Waals surface area contributed by atoms with Gasteiger partial charge in [-0.3, -0.25) is 9.59 Å². The van der Waals surface area contributed by atoms with E-state index in [1.807, 2.05) is 44.2 Å². The molecule has 2 aromatic carbocycles. The van der Waals surface area contributed by atoms with Gasteiger partial charge in [-0.05, 0) is 49.2 Å². The minimum Gasteiger partial charge on any atom is -0.308 e. The van der Waals surface area contributed by atoms with E-state index in [2.05, 4.69) is 10.4 Å². The van der Waals surface area contributed by atoms with Crippen molar-refractivity contribution in [2.45, 2.75) is 20.3 Å². The maximum Gasteiger partial charge on any atom is 0.256 e. The molecule has 5 heteroatoms. The Morgan fingerprint density at radius 3 is 2.52 bits per heavy atom. The lowest BCUT2D eigenvalue weighted by Crippen LogP contribution is -2.29. The molecule has 0 radical (unpaired) electrons. The van der Waals surface area contributed by atoms with E-state index < -0.39 is 0 Å². The first-order valence-corrected chi connectivity index (χ1v) is 7.38. The van der Waals surface area contributed by atoms with E-state index in [0.717, 1.165) is 11.1 Å². The number of hydrogen-bond acceptors (Lipinski definition) is 3. The first-order chi connectivity index (χ1) is 11.0. The Morgan fingerprint density at radius 2 is 1.83 bits per heavy atom. The molecule has 0 aromatic heterocycles. The maximum absolute atomic E-state index is 12.3. The molecule has 0 aliphatic carbocycles. The fourth-order valence-corrected chi connectivity index (χ4v) is 2.36. The van der Waals surface area contributed by atoms with Crippen molar-refractivity contribution in [1.29, 1.82) is 0 Å². The molecule has 116 valence electrons. The molecule has 0 spiro atoms. The van der Waals surface area contributed by atoms with Crippen LogP contribution in [0.2, 0.25) is 0 Å². The molecular weight excluding hydrogens is 290 g/mol. The van der Waals surface area contributed by atoms with Gasteiger partial charge in [-0.25, -0.2) is 0 Å². The number of benzene rings is 2. The number of hydrogen-bond donors (Lipinski definition) is 1. The first-order valence-electron chi connectivity index (χ1n) is 7.38. The lowest BCUT2D eigenvalue weighted by atomic mass is 10.1. The summed E-state index contributed by atoms with van der Waals surface area (Å²) in [5.74, 6) is -0.0526. The zero-order chi connectivity index (χ0) is 16.4. The molecule has 1 aliphatic rings. The highest BCUT2D eigenvalue weighted by Crippen LogP contribution is 2.19. The highest BCUT2D eigenvalue weighted by Gasteiger charge is 2.26. The lowest BCUT2D eigenvalue weighted by molar-refractivity contribution is -0.116. The molecule has 0 unspecified atom stereocenters. The van der Waals surface area contributed by atoms with E-state index >= 15 is 0 Å². The number of nitrogens with one attached hydrogen (secondary N) is 1. The molecule has 0 atom stereocenters. The number of nitrogens with zero attached hydrogens (tertiary/aromatic N) is 2. The number of aryl methyl sites for hydroxylation is 2. The van der Waals surface area contributed by atoms with Crippen LogP contribution < -0.4 is 10.3 Å². The van der Waals surface area contributed by atoms with Crippen LogP contribution >= 0.6 is 0 Å². The summed E-state index contributed by atoms with van der Waals surface area (Å²) in [7, 11) is 0. The van der Waals surface area contributed by atoms with Crippen LogP contribution in [0.5, 0.6) is 0 Å².